The third-order valence-corrected chi connectivity index (χ3v) is 2.01. The van der Waals surface area contributed by atoms with Crippen molar-refractivity contribution < 1.29 is 14.3 Å². The average Bonchev–Trinajstić information content (AvgIpc) is 2.18. The quantitative estimate of drug-likeness (QED) is 0.780. The summed E-state index contributed by atoms with van der Waals surface area (Å²) in [5.41, 5.74) is 0.437. The molecule has 0 fully saturated rings. The van der Waals surface area contributed by atoms with Gasteiger partial charge in [0.15, 0.2) is 0 Å². The zero-order chi connectivity index (χ0) is 11.3. The number of carboxylic acid groups (broad SMARTS) is 1. The Morgan fingerprint density at radius 1 is 1.60 bits per heavy atom. The maximum absolute atomic E-state index is 12.9. The lowest BCUT2D eigenvalue weighted by atomic mass is 10.3. The van der Waals surface area contributed by atoms with Crippen LogP contribution in [-0.2, 0) is 4.79 Å². The Kier molecular flexibility index (Phi) is 4.12. The minimum Gasteiger partial charge on any atom is -0.478 e. The molecule has 0 radical (unpaired) electrons. The van der Waals surface area contributed by atoms with Gasteiger partial charge in [0.2, 0.25) is 0 Å². The number of benzene rings is 1. The summed E-state index contributed by atoms with van der Waals surface area (Å²) < 4.78 is 12.9. The molecule has 80 valence electrons. The molecule has 2 N–H and O–H groups in total. The van der Waals surface area contributed by atoms with Gasteiger partial charge >= 0.3 is 5.97 Å². The van der Waals surface area contributed by atoms with Crippen LogP contribution in [0, 0.1) is 5.82 Å². The molecule has 0 saturated carbocycles. The van der Waals surface area contributed by atoms with Crippen molar-refractivity contribution in [2.24, 2.45) is 0 Å². The Balaban J connectivity index is 2.58. The molecule has 3 nitrogen and oxygen atoms in total. The van der Waals surface area contributed by atoms with Crippen LogP contribution in [0.2, 0.25) is 5.02 Å². The van der Waals surface area contributed by atoms with E-state index in [1.165, 1.54) is 18.2 Å². The van der Waals surface area contributed by atoms with Crippen molar-refractivity contribution in [3.8, 4) is 0 Å². The molecule has 0 heterocycles. The van der Waals surface area contributed by atoms with Crippen molar-refractivity contribution >= 4 is 23.3 Å². The molecule has 0 spiro atoms. The predicted molar refractivity (Wildman–Crippen MR) is 56.7 cm³/mol. The van der Waals surface area contributed by atoms with Crippen LogP contribution < -0.4 is 5.32 Å². The number of nitrogens with one attached hydrogen (secondary N) is 1. The van der Waals surface area contributed by atoms with Gasteiger partial charge in [-0.25, -0.2) is 9.18 Å². The van der Waals surface area contributed by atoms with Crippen molar-refractivity contribution in [1.82, 2.24) is 0 Å². The average molecular weight is 230 g/mol. The van der Waals surface area contributed by atoms with E-state index < -0.39 is 11.8 Å². The molecule has 0 aliphatic heterocycles. The topological polar surface area (TPSA) is 49.3 Å². The highest BCUT2D eigenvalue weighted by Gasteiger charge is 2.03. The second kappa shape index (κ2) is 5.36. The van der Waals surface area contributed by atoms with Crippen LogP contribution in [0.1, 0.15) is 0 Å². The molecule has 1 aromatic rings. The minimum atomic E-state index is -1.03. The molecule has 0 unspecified atom stereocenters. The first-order valence-electron chi connectivity index (χ1n) is 4.18. The van der Waals surface area contributed by atoms with Gasteiger partial charge in [0, 0.05) is 12.6 Å². The summed E-state index contributed by atoms with van der Waals surface area (Å²) in [6.45, 7) is 0.273. The lowest BCUT2D eigenvalue weighted by Crippen LogP contribution is -2.00. The van der Waals surface area contributed by atoms with Gasteiger partial charge in [-0.15, -0.1) is 0 Å². The normalized spacial score (nSPS) is 10.5. The fourth-order valence-electron chi connectivity index (χ4n) is 0.969. The predicted octanol–water partition coefficient (Wildman–Crippen LogP) is 2.53. The Morgan fingerprint density at radius 2 is 2.33 bits per heavy atom. The molecule has 0 saturated heterocycles. The number of halogens is 2. The van der Waals surface area contributed by atoms with E-state index in [4.69, 9.17) is 16.7 Å². The highest BCUT2D eigenvalue weighted by Crippen LogP contribution is 2.23. The molecule has 0 aliphatic rings. The third kappa shape index (κ3) is 3.59. The molecule has 15 heavy (non-hydrogen) atoms. The fourth-order valence-corrected chi connectivity index (χ4v) is 1.16. The van der Waals surface area contributed by atoms with Crippen LogP contribution >= 0.6 is 11.6 Å². The molecular weight excluding hydrogens is 221 g/mol. The van der Waals surface area contributed by atoms with Gasteiger partial charge in [0.1, 0.15) is 5.82 Å². The highest BCUT2D eigenvalue weighted by molar-refractivity contribution is 6.33. The van der Waals surface area contributed by atoms with E-state index in [2.05, 4.69) is 5.32 Å². The number of hydrogen-bond donors (Lipinski definition) is 2. The zero-order valence-electron chi connectivity index (χ0n) is 7.71. The smallest absolute Gasteiger partial charge is 0.328 e. The second-order valence-electron chi connectivity index (χ2n) is 2.72. The lowest BCUT2D eigenvalue weighted by molar-refractivity contribution is -0.131. The molecule has 0 bridgehead atoms. The summed E-state index contributed by atoms with van der Waals surface area (Å²) in [4.78, 5) is 10.1. The Bertz CT molecular complexity index is 393. The molecule has 0 aliphatic carbocycles. The molecule has 1 rings (SSSR count). The van der Waals surface area contributed by atoms with Gasteiger partial charge in [0.05, 0.1) is 10.7 Å². The largest absolute Gasteiger partial charge is 0.478 e. The molecular formula is C10H9ClFNO2. The van der Waals surface area contributed by atoms with E-state index >= 15 is 0 Å². The summed E-state index contributed by atoms with van der Waals surface area (Å²) in [6, 6.07) is 4.38. The number of carboxylic acids is 1. The first-order valence-corrected chi connectivity index (χ1v) is 4.56. The van der Waals surface area contributed by atoms with Crippen LogP contribution in [0.4, 0.5) is 10.1 Å². The lowest BCUT2D eigenvalue weighted by Gasteiger charge is -2.05. The van der Waals surface area contributed by atoms with Crippen molar-refractivity contribution in [1.29, 1.82) is 0 Å². The van der Waals surface area contributed by atoms with Crippen LogP contribution in [0.15, 0.2) is 30.4 Å². The summed E-state index contributed by atoms with van der Waals surface area (Å²) in [7, 11) is 0. The maximum Gasteiger partial charge on any atom is 0.328 e. The van der Waals surface area contributed by atoms with E-state index in [0.717, 1.165) is 6.08 Å². The number of aliphatic carboxylic acids is 1. The van der Waals surface area contributed by atoms with E-state index in [9.17, 15) is 9.18 Å². The molecule has 0 atom stereocenters. The first kappa shape index (κ1) is 11.5. The number of hydrogen-bond acceptors (Lipinski definition) is 2. The monoisotopic (exact) mass is 229 g/mol. The van der Waals surface area contributed by atoms with Crippen LogP contribution in [0.3, 0.4) is 0 Å². The highest BCUT2D eigenvalue weighted by atomic mass is 35.5. The Morgan fingerprint density at radius 3 is 3.00 bits per heavy atom. The van der Waals surface area contributed by atoms with Crippen LogP contribution in [0.25, 0.3) is 0 Å². The fraction of sp³-hybridized carbons (Fsp3) is 0.100. The standard InChI is InChI=1S/C10H9ClFNO2/c11-10-7(12)3-1-4-8(10)13-6-2-5-9(14)15/h1-5,13H,6H2,(H,14,15)/b5-2+. The van der Waals surface area contributed by atoms with Crippen molar-refractivity contribution in [2.75, 3.05) is 11.9 Å². The number of rotatable bonds is 4. The first-order chi connectivity index (χ1) is 7.11. The van der Waals surface area contributed by atoms with E-state index in [0.29, 0.717) is 5.69 Å². The van der Waals surface area contributed by atoms with Crippen molar-refractivity contribution in [3.63, 3.8) is 0 Å². The second-order valence-corrected chi connectivity index (χ2v) is 3.10. The van der Waals surface area contributed by atoms with Gasteiger partial charge in [0.25, 0.3) is 0 Å². The molecule has 1 aromatic carbocycles. The Labute approximate surface area is 91.2 Å². The van der Waals surface area contributed by atoms with E-state index in [1.807, 2.05) is 0 Å². The molecule has 0 aromatic heterocycles. The van der Waals surface area contributed by atoms with Gasteiger partial charge in [-0.2, -0.15) is 0 Å². The third-order valence-electron chi connectivity index (χ3n) is 1.62. The maximum atomic E-state index is 12.9. The Hall–Kier alpha value is -1.55. The van der Waals surface area contributed by atoms with Crippen LogP contribution in [0.5, 0.6) is 0 Å². The van der Waals surface area contributed by atoms with Gasteiger partial charge in [-0.05, 0) is 12.1 Å². The molecule has 5 heteroatoms. The molecule has 0 amide bonds. The van der Waals surface area contributed by atoms with E-state index in [1.54, 1.807) is 6.07 Å². The summed E-state index contributed by atoms with van der Waals surface area (Å²) >= 11 is 5.66. The van der Waals surface area contributed by atoms with Gasteiger partial charge in [-0.3, -0.25) is 0 Å². The summed E-state index contributed by atoms with van der Waals surface area (Å²) in [6.07, 6.45) is 2.41. The number of anilines is 1. The summed E-state index contributed by atoms with van der Waals surface area (Å²) in [5.74, 6) is -1.54. The van der Waals surface area contributed by atoms with Crippen molar-refractivity contribution in [2.45, 2.75) is 0 Å². The number of carbonyl (C=O) groups is 1. The SMILES string of the molecule is O=C(O)/C=C/CNc1cccc(F)c1Cl. The van der Waals surface area contributed by atoms with Crippen molar-refractivity contribution in [3.05, 3.63) is 41.2 Å². The minimum absolute atomic E-state index is 0.00113. The zero-order valence-corrected chi connectivity index (χ0v) is 8.46. The van der Waals surface area contributed by atoms with E-state index in [-0.39, 0.29) is 11.6 Å². The van der Waals surface area contributed by atoms with Gasteiger partial charge < -0.3 is 10.4 Å². The van der Waals surface area contributed by atoms with Crippen LogP contribution in [-0.4, -0.2) is 17.6 Å². The van der Waals surface area contributed by atoms with Gasteiger partial charge in [-0.1, -0.05) is 23.7 Å². The summed E-state index contributed by atoms with van der Waals surface area (Å²) in [5, 5.41) is 11.1.